The van der Waals surface area contributed by atoms with Crippen LogP contribution >= 0.6 is 0 Å². The van der Waals surface area contributed by atoms with Gasteiger partial charge in [-0.2, -0.15) is 0 Å². The summed E-state index contributed by atoms with van der Waals surface area (Å²) in [5, 5.41) is 2.72. The van der Waals surface area contributed by atoms with Crippen LogP contribution in [0.15, 0.2) is 47.4 Å². The molecule has 8 heteroatoms. The van der Waals surface area contributed by atoms with Gasteiger partial charge in [-0.15, -0.1) is 0 Å². The summed E-state index contributed by atoms with van der Waals surface area (Å²) in [4.78, 5) is 12.5. The van der Waals surface area contributed by atoms with Gasteiger partial charge in [0, 0.05) is 18.2 Å². The van der Waals surface area contributed by atoms with Gasteiger partial charge in [-0.1, -0.05) is 38.0 Å². The van der Waals surface area contributed by atoms with Crippen LogP contribution in [0.4, 0.5) is 4.39 Å². The van der Waals surface area contributed by atoms with Crippen LogP contribution in [0.5, 0.6) is 5.75 Å². The molecule has 2 unspecified atom stereocenters. The largest absolute Gasteiger partial charge is 0.495 e. The third kappa shape index (κ3) is 5.83. The molecule has 1 aliphatic carbocycles. The van der Waals surface area contributed by atoms with E-state index in [0.29, 0.717) is 12.0 Å². The number of carbonyl (C=O) groups is 1. The van der Waals surface area contributed by atoms with Gasteiger partial charge < -0.3 is 10.1 Å². The maximum Gasteiger partial charge on any atom is 0.251 e. The zero-order chi connectivity index (χ0) is 22.4. The fraction of sp³-hybridized carbons (Fsp3) is 0.435. The van der Waals surface area contributed by atoms with E-state index in [9.17, 15) is 17.6 Å². The molecule has 31 heavy (non-hydrogen) atoms. The van der Waals surface area contributed by atoms with Crippen LogP contribution in [0, 0.1) is 11.7 Å². The Morgan fingerprint density at radius 1 is 1.16 bits per heavy atom. The van der Waals surface area contributed by atoms with Gasteiger partial charge in [0.1, 0.15) is 16.5 Å². The highest BCUT2D eigenvalue weighted by atomic mass is 32.2. The number of amides is 1. The summed E-state index contributed by atoms with van der Waals surface area (Å²) in [6.45, 7) is 2.27. The minimum atomic E-state index is -3.87. The number of hydrogen-bond donors (Lipinski definition) is 2. The zero-order valence-electron chi connectivity index (χ0n) is 17.9. The molecule has 1 fully saturated rings. The number of methoxy groups -OCH3 is 1. The maximum absolute atomic E-state index is 13.7. The lowest BCUT2D eigenvalue weighted by Crippen LogP contribution is -2.41. The molecule has 0 spiro atoms. The summed E-state index contributed by atoms with van der Waals surface area (Å²) in [6.07, 6.45) is 4.19. The van der Waals surface area contributed by atoms with E-state index in [-0.39, 0.29) is 40.5 Å². The summed E-state index contributed by atoms with van der Waals surface area (Å²) in [6, 6.07) is 10.6. The van der Waals surface area contributed by atoms with E-state index in [1.54, 1.807) is 18.2 Å². The van der Waals surface area contributed by atoms with Crippen LogP contribution in [0.1, 0.15) is 48.5 Å². The van der Waals surface area contributed by atoms with E-state index in [1.807, 2.05) is 6.92 Å². The predicted octanol–water partition coefficient (Wildman–Crippen LogP) is 3.66. The summed E-state index contributed by atoms with van der Waals surface area (Å²) < 4.78 is 47.9. The van der Waals surface area contributed by atoms with Crippen LogP contribution < -0.4 is 14.8 Å². The van der Waals surface area contributed by atoms with Crippen molar-refractivity contribution in [2.45, 2.75) is 50.0 Å². The number of carbonyl (C=O) groups excluding carboxylic acids is 1. The molecule has 2 atom stereocenters. The van der Waals surface area contributed by atoms with Crippen molar-refractivity contribution in [2.75, 3.05) is 13.7 Å². The van der Waals surface area contributed by atoms with Crippen molar-refractivity contribution < 1.29 is 22.3 Å². The molecule has 1 saturated carbocycles. The number of ether oxygens (including phenoxy) is 1. The van der Waals surface area contributed by atoms with Crippen molar-refractivity contribution in [2.24, 2.45) is 5.92 Å². The maximum atomic E-state index is 13.7. The van der Waals surface area contributed by atoms with Crippen LogP contribution in [-0.2, 0) is 16.4 Å². The third-order valence-corrected chi connectivity index (χ3v) is 7.28. The quantitative estimate of drug-likeness (QED) is 0.645. The van der Waals surface area contributed by atoms with Gasteiger partial charge in [0.25, 0.3) is 5.91 Å². The summed E-state index contributed by atoms with van der Waals surface area (Å²) in [7, 11) is -2.47. The normalized spacial score (nSPS) is 19.1. The first-order valence-electron chi connectivity index (χ1n) is 10.5. The molecule has 6 nitrogen and oxygen atoms in total. The Bertz CT molecular complexity index is 1030. The van der Waals surface area contributed by atoms with Crippen LogP contribution in [-0.4, -0.2) is 34.0 Å². The first-order valence-corrected chi connectivity index (χ1v) is 12.0. The lowest BCUT2D eigenvalue weighted by Gasteiger charge is -2.29. The van der Waals surface area contributed by atoms with Gasteiger partial charge in [0.2, 0.25) is 10.0 Å². The van der Waals surface area contributed by atoms with E-state index < -0.39 is 15.9 Å². The summed E-state index contributed by atoms with van der Waals surface area (Å²) >= 11 is 0. The standard InChI is InChI=1S/C23H29FN2O4S/c1-16-7-3-6-10-20(16)26-31(28,29)22-15-18(11-12-21(22)30-2)23(27)25-14-13-17-8-4-5-9-19(17)24/h4-5,8-9,11-12,15-16,20,26H,3,6-7,10,13-14H2,1-2H3,(H,25,27). The first-order chi connectivity index (χ1) is 14.8. The predicted molar refractivity (Wildman–Crippen MR) is 117 cm³/mol. The molecule has 1 aliphatic rings. The molecule has 168 valence electrons. The lowest BCUT2D eigenvalue weighted by molar-refractivity contribution is 0.0953. The van der Waals surface area contributed by atoms with Crippen LogP contribution in [0.2, 0.25) is 0 Å². The number of halogens is 1. The minimum absolute atomic E-state index is 0.0606. The van der Waals surface area contributed by atoms with E-state index in [1.165, 1.54) is 31.4 Å². The second-order valence-electron chi connectivity index (χ2n) is 7.95. The second kappa shape index (κ2) is 10.2. The van der Waals surface area contributed by atoms with E-state index in [0.717, 1.165) is 25.7 Å². The Kier molecular flexibility index (Phi) is 7.67. The Balaban J connectivity index is 1.73. The van der Waals surface area contributed by atoms with Gasteiger partial charge in [0.05, 0.1) is 7.11 Å². The van der Waals surface area contributed by atoms with Crippen molar-refractivity contribution >= 4 is 15.9 Å². The first kappa shape index (κ1) is 23.2. The van der Waals surface area contributed by atoms with Crippen molar-refractivity contribution in [3.63, 3.8) is 0 Å². The monoisotopic (exact) mass is 448 g/mol. The molecular weight excluding hydrogens is 419 g/mol. The molecule has 0 radical (unpaired) electrons. The van der Waals surface area contributed by atoms with Gasteiger partial charge >= 0.3 is 0 Å². The van der Waals surface area contributed by atoms with Crippen molar-refractivity contribution in [3.05, 3.63) is 59.4 Å². The van der Waals surface area contributed by atoms with Crippen molar-refractivity contribution in [1.29, 1.82) is 0 Å². The third-order valence-electron chi connectivity index (χ3n) is 5.77. The molecule has 0 saturated heterocycles. The fourth-order valence-corrected chi connectivity index (χ4v) is 5.47. The van der Waals surface area contributed by atoms with Crippen molar-refractivity contribution in [1.82, 2.24) is 10.0 Å². The smallest absolute Gasteiger partial charge is 0.251 e. The summed E-state index contributed by atoms with van der Waals surface area (Å²) in [5.41, 5.74) is 0.706. The Hall–Kier alpha value is -2.45. The molecule has 0 heterocycles. The number of benzene rings is 2. The highest BCUT2D eigenvalue weighted by molar-refractivity contribution is 7.89. The highest BCUT2D eigenvalue weighted by Crippen LogP contribution is 2.29. The Morgan fingerprint density at radius 2 is 1.90 bits per heavy atom. The Morgan fingerprint density at radius 3 is 2.61 bits per heavy atom. The number of rotatable bonds is 8. The molecule has 2 aromatic carbocycles. The molecule has 0 aromatic heterocycles. The molecular formula is C23H29FN2O4S. The van der Waals surface area contributed by atoms with Gasteiger partial charge in [0.15, 0.2) is 0 Å². The molecule has 1 amide bonds. The van der Waals surface area contributed by atoms with Crippen LogP contribution in [0.3, 0.4) is 0 Å². The topological polar surface area (TPSA) is 84.5 Å². The highest BCUT2D eigenvalue weighted by Gasteiger charge is 2.29. The zero-order valence-corrected chi connectivity index (χ0v) is 18.7. The van der Waals surface area contributed by atoms with Gasteiger partial charge in [-0.05, 0) is 55.0 Å². The fourth-order valence-electron chi connectivity index (χ4n) is 3.90. The molecule has 2 N–H and O–H groups in total. The second-order valence-corrected chi connectivity index (χ2v) is 9.63. The van der Waals surface area contributed by atoms with Crippen molar-refractivity contribution in [3.8, 4) is 5.75 Å². The molecule has 3 rings (SSSR count). The van der Waals surface area contributed by atoms with E-state index in [4.69, 9.17) is 4.74 Å². The average Bonchev–Trinajstić information content (AvgIpc) is 2.76. The molecule has 0 aliphatic heterocycles. The molecule has 0 bridgehead atoms. The van der Waals surface area contributed by atoms with E-state index in [2.05, 4.69) is 10.0 Å². The summed E-state index contributed by atoms with van der Waals surface area (Å²) in [5.74, 6) is -0.322. The number of sulfonamides is 1. The van der Waals surface area contributed by atoms with Gasteiger partial charge in [-0.25, -0.2) is 17.5 Å². The van der Waals surface area contributed by atoms with Gasteiger partial charge in [-0.3, -0.25) is 4.79 Å². The Labute approximate surface area is 183 Å². The lowest BCUT2D eigenvalue weighted by atomic mass is 9.87. The minimum Gasteiger partial charge on any atom is -0.495 e. The SMILES string of the molecule is COc1ccc(C(=O)NCCc2ccccc2F)cc1S(=O)(=O)NC1CCCCC1C. The average molecular weight is 449 g/mol. The number of hydrogen-bond acceptors (Lipinski definition) is 4. The molecule has 2 aromatic rings. The number of nitrogens with one attached hydrogen (secondary N) is 2. The van der Waals surface area contributed by atoms with Crippen LogP contribution in [0.25, 0.3) is 0 Å². The van der Waals surface area contributed by atoms with E-state index >= 15 is 0 Å².